The number of para-hydroxylation sites is 1. The predicted molar refractivity (Wildman–Crippen MR) is 200 cm³/mol. The number of aromatic hydroxyl groups is 11. The van der Waals surface area contributed by atoms with Gasteiger partial charge >= 0.3 is 0 Å². The van der Waals surface area contributed by atoms with Crippen LogP contribution in [0.1, 0.15) is 0 Å². The molecule has 55 heavy (non-hydrogen) atoms. The Morgan fingerprint density at radius 2 is 0.873 bits per heavy atom. The quantitative estimate of drug-likeness (QED) is 0.0610. The number of hydrogen-bond donors (Lipinski definition) is 11. The Kier molecular flexibility index (Phi) is 6.95. The maximum absolute atomic E-state index is 11.5. The summed E-state index contributed by atoms with van der Waals surface area (Å²) < 4.78 is 5.33. The molecule has 0 saturated heterocycles. The van der Waals surface area contributed by atoms with E-state index < -0.39 is 96.5 Å². The first kappa shape index (κ1) is 33.0. The molecule has 6 aromatic carbocycles. The molecule has 11 N–H and O–H groups in total. The summed E-state index contributed by atoms with van der Waals surface area (Å²) in [6.07, 6.45) is 0. The minimum Gasteiger partial charge on any atom is -0.506 e. The number of nitrogens with zero attached hydrogens (tertiary/aromatic N) is 3. The first-order chi connectivity index (χ1) is 26.4. The van der Waals surface area contributed by atoms with Crippen LogP contribution < -0.4 is 0 Å². The number of furan rings is 1. The molecule has 0 radical (unpaired) electrons. The molecule has 0 fully saturated rings. The van der Waals surface area contributed by atoms with Gasteiger partial charge in [0.2, 0.25) is 11.5 Å². The van der Waals surface area contributed by atoms with E-state index in [1.54, 1.807) is 42.5 Å². The van der Waals surface area contributed by atoms with E-state index in [1.165, 1.54) is 0 Å². The van der Waals surface area contributed by atoms with Gasteiger partial charge in [0, 0.05) is 21.9 Å². The zero-order valence-electron chi connectivity index (χ0n) is 27.5. The molecule has 0 amide bonds. The van der Waals surface area contributed by atoms with E-state index in [2.05, 4.69) is 15.0 Å². The Morgan fingerprint density at radius 1 is 0.382 bits per heavy atom. The second-order valence-electron chi connectivity index (χ2n) is 12.5. The van der Waals surface area contributed by atoms with Crippen molar-refractivity contribution in [3.8, 4) is 109 Å². The largest absolute Gasteiger partial charge is 0.506 e. The van der Waals surface area contributed by atoms with Crippen LogP contribution in [0.5, 0.6) is 63.2 Å². The van der Waals surface area contributed by atoms with Crippen LogP contribution in [0.2, 0.25) is 0 Å². The molecule has 272 valence electrons. The van der Waals surface area contributed by atoms with E-state index in [9.17, 15) is 56.2 Å². The lowest BCUT2D eigenvalue weighted by molar-refractivity contribution is 0.351. The Bertz CT molecular complexity index is 3090. The first-order valence-electron chi connectivity index (χ1n) is 16.1. The summed E-state index contributed by atoms with van der Waals surface area (Å²) in [5.74, 6) is -12.4. The third-order valence-electron chi connectivity index (χ3n) is 9.36. The average molecular weight is 758 g/mol. The number of benzene rings is 6. The third kappa shape index (κ3) is 4.58. The molecule has 15 nitrogen and oxygen atoms in total. The Labute approximate surface area is 309 Å². The van der Waals surface area contributed by atoms with Gasteiger partial charge in [0.05, 0.1) is 31.3 Å². The topological polar surface area (TPSA) is 274 Å². The highest BCUT2D eigenvalue weighted by Crippen LogP contribution is 2.64. The van der Waals surface area contributed by atoms with Gasteiger partial charge in [0.25, 0.3) is 0 Å². The lowest BCUT2D eigenvalue weighted by Crippen LogP contribution is -2.01. The highest BCUT2D eigenvalue weighted by Gasteiger charge is 2.35. The van der Waals surface area contributed by atoms with Gasteiger partial charge < -0.3 is 60.6 Å². The molecule has 3 heterocycles. The molecule has 0 unspecified atom stereocenters. The molecular formula is C39H23N3O12S. The van der Waals surface area contributed by atoms with Gasteiger partial charge in [-0.2, -0.15) is 0 Å². The van der Waals surface area contributed by atoms with Crippen LogP contribution in [0.4, 0.5) is 0 Å². The van der Waals surface area contributed by atoms with Crippen molar-refractivity contribution in [2.24, 2.45) is 0 Å². The number of phenols is 11. The minimum atomic E-state index is -1.22. The van der Waals surface area contributed by atoms with Crippen LogP contribution in [0, 0.1) is 0 Å². The second kappa shape index (κ2) is 11.6. The van der Waals surface area contributed by atoms with Gasteiger partial charge in [0.15, 0.2) is 63.5 Å². The Morgan fingerprint density at radius 3 is 1.56 bits per heavy atom. The first-order valence-corrected chi connectivity index (χ1v) is 16.9. The summed E-state index contributed by atoms with van der Waals surface area (Å²) in [7, 11) is 0. The Balaban J connectivity index is 1.27. The molecular weight excluding hydrogens is 735 g/mol. The maximum atomic E-state index is 11.5. The number of thiophene rings is 1. The number of rotatable bonds is 4. The second-order valence-corrected chi connectivity index (χ2v) is 13.5. The van der Waals surface area contributed by atoms with E-state index >= 15 is 0 Å². The number of aromatic nitrogens is 3. The summed E-state index contributed by atoms with van der Waals surface area (Å²) in [6.45, 7) is 0. The van der Waals surface area contributed by atoms with Gasteiger partial charge in [-0.3, -0.25) is 0 Å². The lowest BCUT2D eigenvalue weighted by atomic mass is 9.95. The molecule has 0 spiro atoms. The summed E-state index contributed by atoms with van der Waals surface area (Å²) in [6, 6.07) is 21.4. The minimum absolute atomic E-state index is 0.0482. The number of fused-ring (bicyclic) bond motifs is 6. The van der Waals surface area contributed by atoms with E-state index in [4.69, 9.17) is 4.42 Å². The summed E-state index contributed by atoms with van der Waals surface area (Å²) in [4.78, 5) is 13.5. The summed E-state index contributed by atoms with van der Waals surface area (Å²) in [5, 5.41) is 121. The van der Waals surface area contributed by atoms with Crippen LogP contribution in [-0.4, -0.2) is 71.1 Å². The lowest BCUT2D eigenvalue weighted by Gasteiger charge is -2.18. The van der Waals surface area contributed by atoms with E-state index in [-0.39, 0.29) is 21.0 Å². The van der Waals surface area contributed by atoms with Gasteiger partial charge in [0.1, 0.15) is 22.5 Å². The van der Waals surface area contributed by atoms with Crippen LogP contribution in [0.3, 0.4) is 0 Å². The van der Waals surface area contributed by atoms with Crippen LogP contribution >= 0.6 is 11.3 Å². The van der Waals surface area contributed by atoms with Crippen molar-refractivity contribution in [2.45, 2.75) is 0 Å². The zero-order chi connectivity index (χ0) is 38.6. The smallest absolute Gasteiger partial charge is 0.205 e. The maximum Gasteiger partial charge on any atom is 0.205 e. The van der Waals surface area contributed by atoms with Gasteiger partial charge in [-0.1, -0.05) is 54.6 Å². The fourth-order valence-corrected chi connectivity index (χ4v) is 7.91. The fourth-order valence-electron chi connectivity index (χ4n) is 6.71. The van der Waals surface area contributed by atoms with Crippen molar-refractivity contribution in [1.29, 1.82) is 0 Å². The predicted octanol–water partition coefficient (Wildman–Crippen LogP) is 7.57. The van der Waals surface area contributed by atoms with E-state index in [0.717, 1.165) is 10.8 Å². The van der Waals surface area contributed by atoms with E-state index in [1.807, 2.05) is 30.3 Å². The van der Waals surface area contributed by atoms with Gasteiger partial charge in [-0.25, -0.2) is 15.0 Å². The Hall–Kier alpha value is -7.85. The van der Waals surface area contributed by atoms with Crippen LogP contribution in [0.15, 0.2) is 77.2 Å². The standard InChI is InChI=1S/C39H23N3O12S/c43-24-19(20-26(45)27(46)21-22-28(47)32(51)33(52)34(53)36(22)55-35(21)31(20)50)25(44)30(49)23(29(24)48)39-41-37(13-6-2-1-3-7-13)40-38(42-39)14-10-11-16-15-8-4-5-9-17(15)54-18(16)12-14/h1-12,43-53H. The van der Waals surface area contributed by atoms with E-state index in [0.29, 0.717) is 33.6 Å². The number of phenolic OH excluding ortho intramolecular Hbond substituents is 11. The molecule has 0 saturated carbocycles. The molecule has 9 aromatic rings. The fraction of sp³-hybridized carbons (Fsp3) is 0. The van der Waals surface area contributed by atoms with Crippen molar-refractivity contribution in [1.82, 2.24) is 15.0 Å². The molecule has 16 heteroatoms. The molecule has 0 aliphatic carbocycles. The van der Waals surface area contributed by atoms with Crippen molar-refractivity contribution in [2.75, 3.05) is 0 Å². The highest BCUT2D eigenvalue weighted by atomic mass is 32.1. The van der Waals surface area contributed by atoms with Gasteiger partial charge in [-0.15, -0.1) is 11.3 Å². The average Bonchev–Trinajstić information content (AvgIpc) is 3.79. The summed E-state index contributed by atoms with van der Waals surface area (Å²) in [5.41, 5.74) is -0.393. The van der Waals surface area contributed by atoms with Crippen molar-refractivity contribution in [3.05, 3.63) is 72.8 Å². The molecule has 3 aromatic heterocycles. The zero-order valence-corrected chi connectivity index (χ0v) is 28.3. The monoisotopic (exact) mass is 757 g/mol. The third-order valence-corrected chi connectivity index (χ3v) is 10.6. The normalized spacial score (nSPS) is 11.7. The van der Waals surface area contributed by atoms with Crippen LogP contribution in [-0.2, 0) is 0 Å². The molecule has 0 aliphatic rings. The number of hydrogen-bond acceptors (Lipinski definition) is 16. The summed E-state index contributed by atoms with van der Waals surface area (Å²) >= 11 is 0.480. The van der Waals surface area contributed by atoms with Crippen molar-refractivity contribution >= 4 is 53.4 Å². The molecule has 0 atom stereocenters. The molecule has 0 aliphatic heterocycles. The van der Waals surface area contributed by atoms with Crippen LogP contribution in [0.25, 0.3) is 87.4 Å². The molecule has 0 bridgehead atoms. The SMILES string of the molecule is Oc1c(O)c(-c2c(O)c(O)c3c(sc4c(O)c(O)c(O)c(O)c43)c2O)c(O)c(O)c1-c1nc(-c2ccccc2)nc(-c2ccc3c(c2)oc2ccccc23)n1. The van der Waals surface area contributed by atoms with Gasteiger partial charge in [-0.05, 0) is 18.2 Å². The highest BCUT2D eigenvalue weighted by molar-refractivity contribution is 7.26. The van der Waals surface area contributed by atoms with Crippen molar-refractivity contribution < 1.29 is 60.6 Å². The molecule has 9 rings (SSSR count). The van der Waals surface area contributed by atoms with Crippen molar-refractivity contribution in [3.63, 3.8) is 0 Å².